The van der Waals surface area contributed by atoms with Gasteiger partial charge in [0, 0.05) is 50.0 Å². The molecule has 2 heterocycles. The van der Waals surface area contributed by atoms with Gasteiger partial charge in [0.1, 0.15) is 0 Å². The molecule has 0 amide bonds. The van der Waals surface area contributed by atoms with Gasteiger partial charge in [-0.25, -0.2) is 0 Å². The largest absolute Gasteiger partial charge is 0.306 e. The summed E-state index contributed by atoms with van der Waals surface area (Å²) < 4.78 is 1.87. The Morgan fingerprint density at radius 2 is 2.06 bits per heavy atom. The summed E-state index contributed by atoms with van der Waals surface area (Å²) in [7, 11) is 1.97. The highest BCUT2D eigenvalue weighted by Gasteiger charge is 2.31. The van der Waals surface area contributed by atoms with Crippen LogP contribution in [0.4, 0.5) is 0 Å². The van der Waals surface area contributed by atoms with E-state index >= 15 is 0 Å². The summed E-state index contributed by atoms with van der Waals surface area (Å²) in [5.74, 6) is 0.714. The fourth-order valence-corrected chi connectivity index (χ4v) is 2.72. The fraction of sp³-hybridized carbons (Fsp3) is 0.786. The first kappa shape index (κ1) is 13.6. The molecule has 1 aromatic heterocycles. The zero-order valence-corrected chi connectivity index (χ0v) is 12.2. The van der Waals surface area contributed by atoms with Crippen LogP contribution in [0.5, 0.6) is 0 Å². The highest BCUT2D eigenvalue weighted by atomic mass is 15.2. The van der Waals surface area contributed by atoms with Crippen LogP contribution < -0.4 is 5.32 Å². The van der Waals surface area contributed by atoms with E-state index in [9.17, 15) is 0 Å². The summed E-state index contributed by atoms with van der Waals surface area (Å²) >= 11 is 0. The minimum Gasteiger partial charge on any atom is -0.306 e. The van der Waals surface area contributed by atoms with Crippen molar-refractivity contribution in [1.29, 1.82) is 0 Å². The number of likely N-dealkylation sites (tertiary alicyclic amines) is 1. The Morgan fingerprint density at radius 3 is 2.56 bits per heavy atom. The fourth-order valence-electron chi connectivity index (χ4n) is 2.72. The van der Waals surface area contributed by atoms with Gasteiger partial charge in [0.25, 0.3) is 0 Å². The van der Waals surface area contributed by atoms with Crippen molar-refractivity contribution in [3.05, 3.63) is 18.0 Å². The van der Waals surface area contributed by atoms with Crippen molar-refractivity contribution < 1.29 is 0 Å². The van der Waals surface area contributed by atoms with Crippen LogP contribution in [-0.2, 0) is 7.05 Å². The molecule has 4 nitrogen and oxygen atoms in total. The number of aryl methyl sites for hydroxylation is 1. The second-order valence-corrected chi connectivity index (χ2v) is 5.97. The van der Waals surface area contributed by atoms with Gasteiger partial charge < -0.3 is 5.32 Å². The average molecular weight is 250 g/mol. The van der Waals surface area contributed by atoms with E-state index < -0.39 is 0 Å². The van der Waals surface area contributed by atoms with E-state index in [1.807, 2.05) is 17.9 Å². The van der Waals surface area contributed by atoms with E-state index in [4.69, 9.17) is 0 Å². The summed E-state index contributed by atoms with van der Waals surface area (Å²) in [5, 5.41) is 7.99. The molecule has 4 heteroatoms. The molecule has 0 bridgehead atoms. The Labute approximate surface area is 110 Å². The number of aromatic nitrogens is 2. The van der Waals surface area contributed by atoms with Crippen LogP contribution in [0.3, 0.4) is 0 Å². The molecule has 1 aliphatic rings. The van der Waals surface area contributed by atoms with Crippen molar-refractivity contribution in [2.45, 2.75) is 45.8 Å². The lowest BCUT2D eigenvalue weighted by molar-refractivity contribution is 0.263. The molecule has 0 aliphatic carbocycles. The Balaban J connectivity index is 1.93. The SMILES string of the molecule is CC(NC1CN(C(C)C)CC1C)c1cnn(C)c1. The molecule has 0 spiro atoms. The lowest BCUT2D eigenvalue weighted by Crippen LogP contribution is -2.38. The van der Waals surface area contributed by atoms with Crippen LogP contribution in [0.25, 0.3) is 0 Å². The van der Waals surface area contributed by atoms with Crippen molar-refractivity contribution in [2.75, 3.05) is 13.1 Å². The quantitative estimate of drug-likeness (QED) is 0.884. The van der Waals surface area contributed by atoms with Crippen molar-refractivity contribution in [3.63, 3.8) is 0 Å². The lowest BCUT2D eigenvalue weighted by atomic mass is 10.0. The van der Waals surface area contributed by atoms with Crippen LogP contribution in [0.15, 0.2) is 12.4 Å². The molecule has 0 saturated carbocycles. The molecule has 1 aromatic rings. The normalized spacial score (nSPS) is 27.0. The average Bonchev–Trinajstić information content (AvgIpc) is 2.86. The van der Waals surface area contributed by atoms with Crippen LogP contribution in [0.2, 0.25) is 0 Å². The summed E-state index contributed by atoms with van der Waals surface area (Å²) in [6.07, 6.45) is 4.05. The van der Waals surface area contributed by atoms with Crippen molar-refractivity contribution in [2.24, 2.45) is 13.0 Å². The van der Waals surface area contributed by atoms with Gasteiger partial charge in [0.2, 0.25) is 0 Å². The minimum absolute atomic E-state index is 0.373. The highest BCUT2D eigenvalue weighted by Crippen LogP contribution is 2.22. The van der Waals surface area contributed by atoms with E-state index in [-0.39, 0.29) is 0 Å². The van der Waals surface area contributed by atoms with Gasteiger partial charge in [-0.15, -0.1) is 0 Å². The second kappa shape index (κ2) is 5.41. The second-order valence-electron chi connectivity index (χ2n) is 5.97. The Morgan fingerprint density at radius 1 is 1.33 bits per heavy atom. The third kappa shape index (κ3) is 2.93. The molecule has 2 rings (SSSR count). The zero-order chi connectivity index (χ0) is 13.3. The van der Waals surface area contributed by atoms with Gasteiger partial charge in [0.15, 0.2) is 0 Å². The highest BCUT2D eigenvalue weighted by molar-refractivity contribution is 5.10. The molecule has 1 N–H and O–H groups in total. The zero-order valence-electron chi connectivity index (χ0n) is 12.2. The van der Waals surface area contributed by atoms with Crippen LogP contribution in [-0.4, -0.2) is 39.9 Å². The Bertz CT molecular complexity index is 385. The van der Waals surface area contributed by atoms with Gasteiger partial charge in [-0.05, 0) is 26.7 Å². The molecule has 0 radical (unpaired) electrons. The maximum Gasteiger partial charge on any atom is 0.0537 e. The molecule has 102 valence electrons. The third-order valence-corrected chi connectivity index (χ3v) is 4.06. The van der Waals surface area contributed by atoms with Crippen molar-refractivity contribution in [1.82, 2.24) is 20.0 Å². The van der Waals surface area contributed by atoms with E-state index in [0.717, 1.165) is 6.54 Å². The number of hydrogen-bond donors (Lipinski definition) is 1. The monoisotopic (exact) mass is 250 g/mol. The first-order chi connectivity index (χ1) is 8.47. The van der Waals surface area contributed by atoms with Crippen LogP contribution in [0, 0.1) is 5.92 Å². The topological polar surface area (TPSA) is 33.1 Å². The van der Waals surface area contributed by atoms with E-state index in [1.165, 1.54) is 12.1 Å². The standard InChI is InChI=1S/C14H26N4/c1-10(2)18-7-11(3)14(9-18)16-12(4)13-6-15-17(5)8-13/h6,8,10-12,14,16H,7,9H2,1-5H3. The van der Waals surface area contributed by atoms with E-state index in [0.29, 0.717) is 24.0 Å². The first-order valence-electron chi connectivity index (χ1n) is 6.96. The molecular weight excluding hydrogens is 224 g/mol. The smallest absolute Gasteiger partial charge is 0.0537 e. The molecule has 1 aliphatic heterocycles. The van der Waals surface area contributed by atoms with Gasteiger partial charge in [0.05, 0.1) is 6.20 Å². The predicted molar refractivity (Wildman–Crippen MR) is 74.4 cm³/mol. The summed E-state index contributed by atoms with van der Waals surface area (Å²) in [6, 6.07) is 1.61. The molecule has 1 saturated heterocycles. The number of rotatable bonds is 4. The predicted octanol–water partition coefficient (Wildman–Crippen LogP) is 1.80. The molecule has 0 aromatic carbocycles. The van der Waals surface area contributed by atoms with Gasteiger partial charge in [-0.1, -0.05) is 6.92 Å². The number of hydrogen-bond acceptors (Lipinski definition) is 3. The Kier molecular flexibility index (Phi) is 4.07. The van der Waals surface area contributed by atoms with Gasteiger partial charge >= 0.3 is 0 Å². The maximum atomic E-state index is 4.24. The van der Waals surface area contributed by atoms with E-state index in [2.05, 4.69) is 49.2 Å². The van der Waals surface area contributed by atoms with Crippen LogP contribution >= 0.6 is 0 Å². The number of nitrogens with zero attached hydrogens (tertiary/aromatic N) is 3. The third-order valence-electron chi connectivity index (χ3n) is 4.06. The maximum absolute atomic E-state index is 4.24. The molecule has 3 unspecified atom stereocenters. The minimum atomic E-state index is 0.373. The van der Waals surface area contributed by atoms with Gasteiger partial charge in [-0.3, -0.25) is 9.58 Å². The van der Waals surface area contributed by atoms with Crippen molar-refractivity contribution >= 4 is 0 Å². The number of nitrogens with one attached hydrogen (secondary N) is 1. The molecule has 1 fully saturated rings. The Hall–Kier alpha value is -0.870. The van der Waals surface area contributed by atoms with Crippen LogP contribution in [0.1, 0.15) is 39.3 Å². The first-order valence-corrected chi connectivity index (χ1v) is 6.96. The van der Waals surface area contributed by atoms with Gasteiger partial charge in [-0.2, -0.15) is 5.10 Å². The summed E-state index contributed by atoms with van der Waals surface area (Å²) in [5.41, 5.74) is 1.27. The van der Waals surface area contributed by atoms with Crippen molar-refractivity contribution in [3.8, 4) is 0 Å². The summed E-state index contributed by atoms with van der Waals surface area (Å²) in [6.45, 7) is 11.5. The molecule has 3 atom stereocenters. The summed E-state index contributed by atoms with van der Waals surface area (Å²) in [4.78, 5) is 2.55. The molecular formula is C14H26N4. The molecule has 18 heavy (non-hydrogen) atoms. The van der Waals surface area contributed by atoms with E-state index in [1.54, 1.807) is 0 Å². The lowest BCUT2D eigenvalue weighted by Gasteiger charge is -2.22.